The molecule has 3 heterocycles. The Balaban J connectivity index is 1.84. The van der Waals surface area contributed by atoms with Crippen LogP contribution in [0.15, 0.2) is 82.4 Å². The second-order valence-electron chi connectivity index (χ2n) is 8.92. The lowest BCUT2D eigenvalue weighted by atomic mass is 9.99. The fraction of sp³-hybridized carbons (Fsp3) is 0.143. The van der Waals surface area contributed by atoms with E-state index in [1.165, 1.54) is 11.6 Å². The Morgan fingerprint density at radius 3 is 2.39 bits per heavy atom. The largest absolute Gasteiger partial charge is 0.508 e. The minimum absolute atomic E-state index is 0.135. The Morgan fingerprint density at radius 2 is 1.67 bits per heavy atom. The van der Waals surface area contributed by atoms with Gasteiger partial charge in [0.1, 0.15) is 11.5 Å². The van der Waals surface area contributed by atoms with E-state index in [-0.39, 0.29) is 11.3 Å². The number of hydrogen-bond acceptors (Lipinski definition) is 5. The van der Waals surface area contributed by atoms with Crippen LogP contribution in [0, 0.1) is 0 Å². The van der Waals surface area contributed by atoms with Gasteiger partial charge in [-0.2, -0.15) is 0 Å². The van der Waals surface area contributed by atoms with E-state index in [1.807, 2.05) is 54.6 Å². The summed E-state index contributed by atoms with van der Waals surface area (Å²) in [6.45, 7) is 0. The third kappa shape index (κ3) is 3.00. The zero-order valence-corrected chi connectivity index (χ0v) is 20.0. The monoisotopic (exact) mass is 480 g/mol. The van der Waals surface area contributed by atoms with Gasteiger partial charge in [-0.05, 0) is 59.7 Å². The summed E-state index contributed by atoms with van der Waals surface area (Å²) in [5.41, 5.74) is 4.56. The number of hydrogen-bond donors (Lipinski definition) is 2. The topological polar surface area (TPSA) is 90.4 Å². The number of methoxy groups -OCH3 is 1. The quantitative estimate of drug-likeness (QED) is 0.409. The molecule has 0 aliphatic carbocycles. The summed E-state index contributed by atoms with van der Waals surface area (Å²) in [6, 6.07) is 22.0. The van der Waals surface area contributed by atoms with E-state index in [0.717, 1.165) is 32.8 Å². The molecule has 1 aliphatic heterocycles. The summed E-state index contributed by atoms with van der Waals surface area (Å²) in [7, 11) is 4.79. The van der Waals surface area contributed by atoms with Crippen molar-refractivity contribution in [3.05, 3.63) is 105 Å². The van der Waals surface area contributed by atoms with Gasteiger partial charge in [-0.15, -0.1) is 0 Å². The fourth-order valence-electron chi connectivity index (χ4n) is 5.19. The fourth-order valence-corrected chi connectivity index (χ4v) is 5.19. The van der Waals surface area contributed by atoms with Crippen molar-refractivity contribution < 1.29 is 9.84 Å². The van der Waals surface area contributed by atoms with Crippen molar-refractivity contribution in [2.24, 2.45) is 14.1 Å². The molecule has 1 atom stereocenters. The van der Waals surface area contributed by atoms with Crippen molar-refractivity contribution in [3.63, 3.8) is 0 Å². The highest BCUT2D eigenvalue weighted by Crippen LogP contribution is 2.45. The van der Waals surface area contributed by atoms with Crippen LogP contribution in [0.1, 0.15) is 17.3 Å². The van der Waals surface area contributed by atoms with Crippen molar-refractivity contribution in [1.29, 1.82) is 0 Å². The van der Waals surface area contributed by atoms with Crippen molar-refractivity contribution in [2.75, 3.05) is 12.4 Å². The molecule has 180 valence electrons. The average molecular weight is 481 g/mol. The van der Waals surface area contributed by atoms with Gasteiger partial charge in [0, 0.05) is 14.1 Å². The van der Waals surface area contributed by atoms with E-state index < -0.39 is 11.7 Å². The number of aryl methyl sites for hydroxylation is 1. The third-order valence-electron chi connectivity index (χ3n) is 6.89. The summed E-state index contributed by atoms with van der Waals surface area (Å²) in [4.78, 5) is 26.8. The Labute approximate surface area is 206 Å². The van der Waals surface area contributed by atoms with Crippen LogP contribution in [0.3, 0.4) is 0 Å². The van der Waals surface area contributed by atoms with Gasteiger partial charge in [0.05, 0.1) is 46.8 Å². The van der Waals surface area contributed by atoms with Gasteiger partial charge in [0.15, 0.2) is 0 Å². The first kappa shape index (κ1) is 21.8. The smallest absolute Gasteiger partial charge is 0.331 e. The molecule has 0 bridgehead atoms. The Hall–Kier alpha value is -4.72. The number of nitrogens with one attached hydrogen (secondary N) is 1. The van der Waals surface area contributed by atoms with Gasteiger partial charge in [0.2, 0.25) is 0 Å². The lowest BCUT2D eigenvalue weighted by molar-refractivity contribution is 0.415. The molecule has 5 aromatic rings. The molecule has 8 heteroatoms. The zero-order valence-electron chi connectivity index (χ0n) is 20.0. The number of benzene rings is 3. The van der Waals surface area contributed by atoms with Crippen LogP contribution in [0.4, 0.5) is 5.69 Å². The number of fused-ring (bicyclic) bond motifs is 5. The maximum Gasteiger partial charge on any atom is 0.331 e. The first-order valence-electron chi connectivity index (χ1n) is 11.5. The van der Waals surface area contributed by atoms with Crippen LogP contribution in [-0.4, -0.2) is 25.9 Å². The number of aromatic nitrogens is 3. The average Bonchev–Trinajstić information content (AvgIpc) is 3.27. The van der Waals surface area contributed by atoms with Crippen LogP contribution >= 0.6 is 0 Å². The van der Waals surface area contributed by atoms with E-state index in [1.54, 1.807) is 32.4 Å². The molecule has 0 saturated carbocycles. The van der Waals surface area contributed by atoms with Crippen LogP contribution in [-0.2, 0) is 14.1 Å². The maximum atomic E-state index is 13.7. The molecule has 6 rings (SSSR count). The molecule has 0 amide bonds. The van der Waals surface area contributed by atoms with Crippen LogP contribution in [0.2, 0.25) is 0 Å². The second kappa shape index (κ2) is 7.91. The predicted molar refractivity (Wildman–Crippen MR) is 139 cm³/mol. The number of nitrogens with zero attached hydrogens (tertiary/aromatic N) is 3. The highest BCUT2D eigenvalue weighted by Gasteiger charge is 2.34. The number of aromatic hydroxyl groups is 1. The molecule has 0 saturated heterocycles. The van der Waals surface area contributed by atoms with E-state index in [2.05, 4.69) is 9.88 Å². The highest BCUT2D eigenvalue weighted by atomic mass is 16.5. The summed E-state index contributed by atoms with van der Waals surface area (Å²) >= 11 is 0. The molecule has 1 aliphatic rings. The summed E-state index contributed by atoms with van der Waals surface area (Å²) < 4.78 is 10.1. The van der Waals surface area contributed by atoms with E-state index >= 15 is 0 Å². The summed E-state index contributed by atoms with van der Waals surface area (Å²) in [5, 5.41) is 14.3. The molecule has 8 nitrogen and oxygen atoms in total. The number of para-hydroxylation sites is 2. The molecule has 36 heavy (non-hydrogen) atoms. The number of phenolic OH excluding ortho intramolecular Hbond substituents is 1. The SMILES string of the molecule is COc1ccc(-c2c3c(=O)n(C)c(=O)n(C)c3c3n2-c2ccccc2N[C@@H]3c2cccc(O)c2)cc1. The summed E-state index contributed by atoms with van der Waals surface area (Å²) in [6.07, 6.45) is 0. The highest BCUT2D eigenvalue weighted by molar-refractivity contribution is 5.99. The zero-order chi connectivity index (χ0) is 25.1. The molecule has 0 fully saturated rings. The number of phenols is 1. The Morgan fingerprint density at radius 1 is 0.917 bits per heavy atom. The second-order valence-corrected chi connectivity index (χ2v) is 8.92. The standard InChI is InChI=1S/C28H24N4O4/c1-30-25-22(27(34)31(2)28(30)35)24(16-11-13-19(36-3)14-12-16)32-21-10-5-4-9-20(21)29-23(26(25)32)17-7-6-8-18(33)15-17/h4-15,23,29,33H,1-3H3/t23-/m1/s1. The van der Waals surface area contributed by atoms with E-state index in [4.69, 9.17) is 4.74 Å². The molecule has 3 aromatic carbocycles. The first-order chi connectivity index (χ1) is 17.4. The van der Waals surface area contributed by atoms with Crippen molar-refractivity contribution in [1.82, 2.24) is 13.7 Å². The number of ether oxygens (including phenoxy) is 1. The lowest BCUT2D eigenvalue weighted by Crippen LogP contribution is -2.37. The van der Waals surface area contributed by atoms with E-state index in [0.29, 0.717) is 22.3 Å². The molecule has 0 unspecified atom stereocenters. The Bertz CT molecular complexity index is 1780. The minimum Gasteiger partial charge on any atom is -0.508 e. The summed E-state index contributed by atoms with van der Waals surface area (Å²) in [5.74, 6) is 0.837. The molecule has 0 radical (unpaired) electrons. The Kier molecular flexibility index (Phi) is 4.79. The van der Waals surface area contributed by atoms with Gasteiger partial charge in [-0.1, -0.05) is 24.3 Å². The van der Waals surface area contributed by atoms with Crippen LogP contribution in [0.25, 0.3) is 27.8 Å². The number of anilines is 1. The first-order valence-corrected chi connectivity index (χ1v) is 11.5. The van der Waals surface area contributed by atoms with Gasteiger partial charge in [-0.3, -0.25) is 13.9 Å². The van der Waals surface area contributed by atoms with Crippen molar-refractivity contribution >= 4 is 16.6 Å². The van der Waals surface area contributed by atoms with Gasteiger partial charge >= 0.3 is 5.69 Å². The van der Waals surface area contributed by atoms with Crippen LogP contribution in [0.5, 0.6) is 11.5 Å². The van der Waals surface area contributed by atoms with Gasteiger partial charge in [-0.25, -0.2) is 4.79 Å². The minimum atomic E-state index is -0.431. The van der Waals surface area contributed by atoms with Crippen LogP contribution < -0.4 is 21.3 Å². The lowest BCUT2D eigenvalue weighted by Gasteiger charge is -2.31. The van der Waals surface area contributed by atoms with E-state index in [9.17, 15) is 14.7 Å². The molecule has 2 N–H and O–H groups in total. The predicted octanol–water partition coefficient (Wildman–Crippen LogP) is 3.92. The van der Waals surface area contributed by atoms with Crippen molar-refractivity contribution in [2.45, 2.75) is 6.04 Å². The molecule has 2 aromatic heterocycles. The van der Waals surface area contributed by atoms with Crippen molar-refractivity contribution in [3.8, 4) is 28.4 Å². The normalized spacial score (nSPS) is 14.2. The third-order valence-corrected chi connectivity index (χ3v) is 6.89. The molecule has 0 spiro atoms. The van der Waals surface area contributed by atoms with Gasteiger partial charge in [0.25, 0.3) is 5.56 Å². The maximum absolute atomic E-state index is 13.7. The number of rotatable bonds is 3. The molecular weight excluding hydrogens is 456 g/mol. The van der Waals surface area contributed by atoms with Gasteiger partial charge < -0.3 is 19.7 Å². The molecular formula is C28H24N4O4.